The van der Waals surface area contributed by atoms with Crippen LogP contribution in [0.3, 0.4) is 0 Å². The molecule has 1 aromatic carbocycles. The van der Waals surface area contributed by atoms with Crippen molar-refractivity contribution >= 4 is 40.6 Å². The van der Waals surface area contributed by atoms with E-state index in [4.69, 9.17) is 16.3 Å². The number of aromatic hydroxyl groups is 1. The molecule has 0 saturated carbocycles. The van der Waals surface area contributed by atoms with Gasteiger partial charge in [0.05, 0.1) is 34.8 Å². The zero-order chi connectivity index (χ0) is 36.6. The predicted molar refractivity (Wildman–Crippen MR) is 178 cm³/mol. The number of aryl methyl sites for hydroxylation is 1. The number of hydrogen-bond donors (Lipinski definition) is 2. The van der Waals surface area contributed by atoms with Gasteiger partial charge in [-0.2, -0.15) is 22.7 Å². The molecule has 0 aliphatic carbocycles. The Morgan fingerprint density at radius 3 is 2.49 bits per heavy atom. The lowest BCUT2D eigenvalue weighted by atomic mass is 10.2. The summed E-state index contributed by atoms with van der Waals surface area (Å²) in [4.78, 5) is 60.8. The van der Waals surface area contributed by atoms with Crippen LogP contribution in [0.25, 0.3) is 17.2 Å². The number of fused-ring (bicyclic) bond motifs is 1. The normalized spacial score (nSPS) is 13.5. The molecule has 5 heterocycles. The standard InChI is InChI=1S/C32H30ClF3N10O5/c1-4-22-26(43-9-11-44(12-10-43)29(49)25-27(48)17(2)38-16-39-25)30(50)46-31(41-28(42-46)18-7-8-37-24(13-18)51-3)45(22)15-23(47)40-21-6-5-19(14-20(21)33)32(34,35)36/h5-8,13-14,16,48H,4,9-12,15H2,1-3H3,(H,40,47). The minimum absolute atomic E-state index is 0.0310. The topological polar surface area (TPSA) is 173 Å². The molecule has 2 N–H and O–H groups in total. The molecular formula is C32H30ClF3N10O5. The van der Waals surface area contributed by atoms with Crippen molar-refractivity contribution in [3.05, 3.63) is 80.9 Å². The summed E-state index contributed by atoms with van der Waals surface area (Å²) in [6.45, 7) is 3.70. The Balaban J connectivity index is 1.38. The summed E-state index contributed by atoms with van der Waals surface area (Å²) < 4.78 is 47.4. The maximum Gasteiger partial charge on any atom is 0.416 e. The monoisotopic (exact) mass is 726 g/mol. The number of carbonyl (C=O) groups is 2. The zero-order valence-corrected chi connectivity index (χ0v) is 28.2. The van der Waals surface area contributed by atoms with Gasteiger partial charge in [-0.1, -0.05) is 18.5 Å². The maximum absolute atomic E-state index is 14.2. The van der Waals surface area contributed by atoms with Crippen LogP contribution in [0.2, 0.25) is 5.02 Å². The third kappa shape index (κ3) is 6.86. The number of benzene rings is 1. The number of nitrogens with one attached hydrogen (secondary N) is 1. The molecule has 4 aromatic heterocycles. The van der Waals surface area contributed by atoms with Crippen molar-refractivity contribution in [2.24, 2.45) is 0 Å². The Hall–Kier alpha value is -5.78. The molecule has 1 aliphatic rings. The van der Waals surface area contributed by atoms with Gasteiger partial charge in [-0.15, -0.1) is 5.10 Å². The maximum atomic E-state index is 14.2. The average Bonchev–Trinajstić information content (AvgIpc) is 3.57. The number of piperazine rings is 1. The number of alkyl halides is 3. The van der Waals surface area contributed by atoms with E-state index in [1.54, 1.807) is 30.9 Å². The Labute approximate surface area is 292 Å². The number of aromatic nitrogens is 7. The largest absolute Gasteiger partial charge is 0.504 e. The minimum atomic E-state index is -4.63. The lowest BCUT2D eigenvalue weighted by Crippen LogP contribution is -2.51. The van der Waals surface area contributed by atoms with Crippen LogP contribution in [0, 0.1) is 6.92 Å². The van der Waals surface area contributed by atoms with Gasteiger partial charge < -0.3 is 29.5 Å². The highest BCUT2D eigenvalue weighted by Crippen LogP contribution is 2.34. The van der Waals surface area contributed by atoms with E-state index in [0.717, 1.165) is 22.7 Å². The molecule has 1 saturated heterocycles. The van der Waals surface area contributed by atoms with E-state index >= 15 is 0 Å². The van der Waals surface area contributed by atoms with E-state index in [0.29, 0.717) is 11.3 Å². The number of halogens is 4. The van der Waals surface area contributed by atoms with Crippen LogP contribution in [-0.4, -0.2) is 89.2 Å². The third-order valence-electron chi connectivity index (χ3n) is 8.33. The highest BCUT2D eigenvalue weighted by molar-refractivity contribution is 6.33. The Bertz CT molecular complexity index is 2220. The van der Waals surface area contributed by atoms with E-state index in [2.05, 4.69) is 30.4 Å². The molecule has 2 amide bonds. The van der Waals surface area contributed by atoms with E-state index in [1.807, 2.05) is 0 Å². The van der Waals surface area contributed by atoms with Gasteiger partial charge in [0.15, 0.2) is 17.3 Å². The summed E-state index contributed by atoms with van der Waals surface area (Å²) in [5.41, 5.74) is -0.271. The van der Waals surface area contributed by atoms with Crippen LogP contribution in [-0.2, 0) is 23.9 Å². The first-order valence-electron chi connectivity index (χ1n) is 15.5. The summed E-state index contributed by atoms with van der Waals surface area (Å²) in [5.74, 6) is -1.01. The first-order chi connectivity index (χ1) is 24.3. The number of hydrogen-bond acceptors (Lipinski definition) is 11. The van der Waals surface area contributed by atoms with Gasteiger partial charge in [-0.3, -0.25) is 14.4 Å². The van der Waals surface area contributed by atoms with Gasteiger partial charge in [0.25, 0.3) is 11.5 Å². The molecule has 6 rings (SSSR count). The second kappa shape index (κ2) is 13.9. The summed E-state index contributed by atoms with van der Waals surface area (Å²) in [5, 5.41) is 17.1. The molecule has 1 aliphatic heterocycles. The molecule has 0 unspecified atom stereocenters. The van der Waals surface area contributed by atoms with E-state index in [1.165, 1.54) is 29.1 Å². The van der Waals surface area contributed by atoms with E-state index in [-0.39, 0.29) is 83.6 Å². The lowest BCUT2D eigenvalue weighted by molar-refractivity contribution is -0.137. The first-order valence-corrected chi connectivity index (χ1v) is 15.9. The van der Waals surface area contributed by atoms with Crippen LogP contribution in [0.5, 0.6) is 11.6 Å². The van der Waals surface area contributed by atoms with Crippen molar-refractivity contribution in [2.75, 3.05) is 43.5 Å². The number of amides is 2. The Kier molecular flexibility index (Phi) is 9.52. The van der Waals surface area contributed by atoms with Crippen LogP contribution in [0.1, 0.15) is 34.4 Å². The first kappa shape index (κ1) is 35.1. The molecular weight excluding hydrogens is 697 g/mol. The molecule has 1 fully saturated rings. The Morgan fingerprint density at radius 2 is 1.82 bits per heavy atom. The van der Waals surface area contributed by atoms with Crippen molar-refractivity contribution < 1.29 is 32.6 Å². The van der Waals surface area contributed by atoms with Gasteiger partial charge in [-0.25, -0.2) is 15.0 Å². The van der Waals surface area contributed by atoms with Gasteiger partial charge in [0, 0.05) is 44.0 Å². The molecule has 0 bridgehead atoms. The SMILES string of the molecule is CCc1c(N2CCN(C(=O)c3ncnc(C)c3O)CC2)c(=O)n2nc(-c3ccnc(OC)c3)nc2n1CC(=O)Nc1ccc(C(F)(F)F)cc1Cl. The number of rotatable bonds is 8. The number of methoxy groups -OCH3 is 1. The van der Waals surface area contributed by atoms with Crippen molar-refractivity contribution in [1.82, 2.24) is 39.0 Å². The van der Waals surface area contributed by atoms with Crippen LogP contribution >= 0.6 is 11.6 Å². The fraction of sp³-hybridized carbons (Fsp3) is 0.312. The summed E-state index contributed by atoms with van der Waals surface area (Å²) in [6, 6.07) is 5.79. The molecule has 266 valence electrons. The predicted octanol–water partition coefficient (Wildman–Crippen LogP) is 3.60. The number of ether oxygens (including phenoxy) is 1. The van der Waals surface area contributed by atoms with Gasteiger partial charge in [0.2, 0.25) is 17.6 Å². The van der Waals surface area contributed by atoms with Gasteiger partial charge in [0.1, 0.15) is 18.6 Å². The van der Waals surface area contributed by atoms with E-state index < -0.39 is 35.7 Å². The summed E-state index contributed by atoms with van der Waals surface area (Å²) in [6.07, 6.45) is -1.69. The van der Waals surface area contributed by atoms with Crippen LogP contribution in [0.15, 0.2) is 47.7 Å². The molecule has 0 atom stereocenters. The van der Waals surface area contributed by atoms with Crippen molar-refractivity contribution in [3.63, 3.8) is 0 Å². The fourth-order valence-electron chi connectivity index (χ4n) is 5.74. The third-order valence-corrected chi connectivity index (χ3v) is 8.64. The highest BCUT2D eigenvalue weighted by Gasteiger charge is 2.32. The number of carbonyl (C=O) groups excluding carboxylic acids is 2. The van der Waals surface area contributed by atoms with E-state index in [9.17, 15) is 32.7 Å². The highest BCUT2D eigenvalue weighted by atomic mass is 35.5. The average molecular weight is 727 g/mol. The summed E-state index contributed by atoms with van der Waals surface area (Å²) >= 11 is 6.11. The molecule has 0 radical (unpaired) electrons. The molecule has 51 heavy (non-hydrogen) atoms. The van der Waals surface area contributed by atoms with Crippen molar-refractivity contribution in [3.8, 4) is 23.0 Å². The van der Waals surface area contributed by atoms with Crippen molar-refractivity contribution in [1.29, 1.82) is 0 Å². The fourth-order valence-corrected chi connectivity index (χ4v) is 5.97. The van der Waals surface area contributed by atoms with Gasteiger partial charge in [-0.05, 0) is 37.6 Å². The summed E-state index contributed by atoms with van der Waals surface area (Å²) in [7, 11) is 1.44. The zero-order valence-electron chi connectivity index (χ0n) is 27.4. The molecule has 5 aromatic rings. The lowest BCUT2D eigenvalue weighted by Gasteiger charge is -2.36. The smallest absolute Gasteiger partial charge is 0.416 e. The molecule has 0 spiro atoms. The quantitative estimate of drug-likeness (QED) is 0.239. The number of anilines is 2. The number of pyridine rings is 1. The minimum Gasteiger partial charge on any atom is -0.504 e. The number of nitrogens with zero attached hydrogens (tertiary/aromatic N) is 9. The van der Waals surface area contributed by atoms with Gasteiger partial charge >= 0.3 is 6.18 Å². The molecule has 15 nitrogen and oxygen atoms in total. The van der Waals surface area contributed by atoms with Crippen LogP contribution in [0.4, 0.5) is 24.5 Å². The second-order valence-corrected chi connectivity index (χ2v) is 11.9. The van der Waals surface area contributed by atoms with Crippen molar-refractivity contribution in [2.45, 2.75) is 33.0 Å². The Morgan fingerprint density at radius 1 is 1.08 bits per heavy atom. The van der Waals surface area contributed by atoms with Crippen LogP contribution < -0.4 is 20.5 Å². The molecule has 19 heteroatoms. The second-order valence-electron chi connectivity index (χ2n) is 11.5.